The van der Waals surface area contributed by atoms with E-state index in [1.54, 1.807) is 4.90 Å². The van der Waals surface area contributed by atoms with Crippen molar-refractivity contribution in [2.75, 3.05) is 36.0 Å². The molecule has 2 spiro atoms. The summed E-state index contributed by atoms with van der Waals surface area (Å²) in [6.07, 6.45) is 6.62. The highest BCUT2D eigenvalue weighted by atomic mass is 16.6. The van der Waals surface area contributed by atoms with Crippen LogP contribution in [0.1, 0.15) is 95.1 Å². The van der Waals surface area contributed by atoms with Crippen molar-refractivity contribution in [1.82, 2.24) is 20.9 Å². The number of hydrogen-bond acceptors (Lipinski definition) is 7. The molecule has 4 saturated heterocycles. The molecule has 8 rings (SSSR count). The van der Waals surface area contributed by atoms with Crippen molar-refractivity contribution in [3.8, 4) is 0 Å². The summed E-state index contributed by atoms with van der Waals surface area (Å²) in [5.74, 6) is 0.965. The second-order valence-corrected chi connectivity index (χ2v) is 15.3. The van der Waals surface area contributed by atoms with Gasteiger partial charge in [-0.3, -0.25) is 9.59 Å². The Labute approximate surface area is 286 Å². The van der Waals surface area contributed by atoms with Crippen LogP contribution in [0.3, 0.4) is 0 Å². The molecule has 12 heteroatoms. The number of piperidine rings is 2. The van der Waals surface area contributed by atoms with Gasteiger partial charge < -0.3 is 25.6 Å². The molecule has 4 heterocycles. The van der Waals surface area contributed by atoms with Crippen LogP contribution < -0.4 is 25.8 Å². The molecule has 2 aliphatic carbocycles. The molecule has 7 amide bonds. The zero-order valence-electron chi connectivity index (χ0n) is 28.5. The Morgan fingerprint density at radius 1 is 0.673 bits per heavy atom. The SMILES string of the molecule is CC(C)(C)OC(=O)N1CCC2(CC1)NC(=O)N(c1ccc(C3CC3)cc1)C2=O.O=C1NC2(CCNCC2)C(=O)N1c1ccc(C2CC2)cc1. The second kappa shape index (κ2) is 12.5. The van der Waals surface area contributed by atoms with Gasteiger partial charge in [0.15, 0.2) is 0 Å². The Kier molecular flexibility index (Phi) is 8.41. The minimum absolute atomic E-state index is 0.104. The van der Waals surface area contributed by atoms with Gasteiger partial charge in [0.1, 0.15) is 16.7 Å². The zero-order valence-corrected chi connectivity index (χ0v) is 28.5. The van der Waals surface area contributed by atoms with E-state index in [0.29, 0.717) is 62.0 Å². The lowest BCUT2D eigenvalue weighted by Crippen LogP contribution is -2.56. The van der Waals surface area contributed by atoms with E-state index in [9.17, 15) is 24.0 Å². The number of rotatable bonds is 4. The van der Waals surface area contributed by atoms with Crippen LogP contribution in [0.25, 0.3) is 0 Å². The van der Waals surface area contributed by atoms with Gasteiger partial charge in [-0.25, -0.2) is 24.2 Å². The number of urea groups is 2. The van der Waals surface area contributed by atoms with E-state index < -0.39 is 22.7 Å². The predicted molar refractivity (Wildman–Crippen MR) is 183 cm³/mol. The van der Waals surface area contributed by atoms with Crippen LogP contribution in [0.2, 0.25) is 0 Å². The molecule has 0 atom stereocenters. The quantitative estimate of drug-likeness (QED) is 0.383. The molecule has 2 aromatic rings. The summed E-state index contributed by atoms with van der Waals surface area (Å²) in [6, 6.07) is 14.9. The Bertz CT molecular complexity index is 1630. The third-order valence-corrected chi connectivity index (χ3v) is 10.4. The molecule has 0 bridgehead atoms. The minimum atomic E-state index is -0.940. The van der Waals surface area contributed by atoms with Gasteiger partial charge in [-0.05, 0) is 132 Å². The highest BCUT2D eigenvalue weighted by Crippen LogP contribution is 2.42. The smallest absolute Gasteiger partial charge is 0.410 e. The summed E-state index contributed by atoms with van der Waals surface area (Å²) in [7, 11) is 0. The zero-order chi connectivity index (χ0) is 34.6. The van der Waals surface area contributed by atoms with Crippen LogP contribution in [-0.2, 0) is 14.3 Å². The van der Waals surface area contributed by atoms with Crippen molar-refractivity contribution in [1.29, 1.82) is 0 Å². The first-order chi connectivity index (χ1) is 23.4. The van der Waals surface area contributed by atoms with Gasteiger partial charge in [0.2, 0.25) is 0 Å². The van der Waals surface area contributed by atoms with Gasteiger partial charge in [-0.1, -0.05) is 24.3 Å². The number of carbonyl (C=O) groups excluding carboxylic acids is 5. The van der Waals surface area contributed by atoms with Crippen LogP contribution in [0.4, 0.5) is 25.8 Å². The summed E-state index contributed by atoms with van der Waals surface area (Å²) >= 11 is 0. The number of nitrogens with zero attached hydrogens (tertiary/aromatic N) is 3. The number of carbonyl (C=O) groups is 5. The number of ether oxygens (including phenoxy) is 1. The maximum atomic E-state index is 13.1. The fourth-order valence-electron chi connectivity index (χ4n) is 7.26. The fourth-order valence-corrected chi connectivity index (χ4v) is 7.26. The van der Waals surface area contributed by atoms with E-state index in [0.717, 1.165) is 13.1 Å². The van der Waals surface area contributed by atoms with E-state index in [-0.39, 0.29) is 23.9 Å². The van der Waals surface area contributed by atoms with Gasteiger partial charge in [-0.15, -0.1) is 0 Å². The molecule has 2 aromatic carbocycles. The van der Waals surface area contributed by atoms with Crippen molar-refractivity contribution in [3.05, 3.63) is 59.7 Å². The van der Waals surface area contributed by atoms with E-state index in [2.05, 4.69) is 16.0 Å². The van der Waals surface area contributed by atoms with Gasteiger partial charge in [0, 0.05) is 13.1 Å². The predicted octanol–water partition coefficient (Wildman–Crippen LogP) is 5.13. The molecule has 4 aliphatic heterocycles. The molecule has 0 radical (unpaired) electrons. The highest BCUT2D eigenvalue weighted by molar-refractivity contribution is 6.24. The lowest BCUT2D eigenvalue weighted by Gasteiger charge is -2.37. The van der Waals surface area contributed by atoms with Crippen LogP contribution in [0.5, 0.6) is 0 Å². The second-order valence-electron chi connectivity index (χ2n) is 15.3. The van der Waals surface area contributed by atoms with Crippen LogP contribution in [0.15, 0.2) is 48.5 Å². The number of hydrogen-bond donors (Lipinski definition) is 3. The summed E-state index contributed by atoms with van der Waals surface area (Å²) < 4.78 is 5.41. The first kappa shape index (κ1) is 33.1. The first-order valence-corrected chi connectivity index (χ1v) is 17.6. The fraction of sp³-hybridized carbons (Fsp3) is 0.541. The molecule has 260 valence electrons. The number of likely N-dealkylation sites (tertiary alicyclic amines) is 1. The number of amides is 7. The normalized spacial score (nSPS) is 23.0. The van der Waals surface area contributed by atoms with Crippen LogP contribution >= 0.6 is 0 Å². The van der Waals surface area contributed by atoms with Crippen molar-refractivity contribution in [2.45, 2.75) is 101 Å². The minimum Gasteiger partial charge on any atom is -0.444 e. The molecule has 3 N–H and O–H groups in total. The van der Waals surface area contributed by atoms with E-state index in [1.807, 2.05) is 69.3 Å². The lowest BCUT2D eigenvalue weighted by molar-refractivity contribution is -0.124. The molecule has 0 aromatic heterocycles. The number of imide groups is 2. The third kappa shape index (κ3) is 6.62. The van der Waals surface area contributed by atoms with Crippen molar-refractivity contribution in [3.63, 3.8) is 0 Å². The van der Waals surface area contributed by atoms with E-state index >= 15 is 0 Å². The third-order valence-electron chi connectivity index (χ3n) is 10.4. The summed E-state index contributed by atoms with van der Waals surface area (Å²) in [5.41, 5.74) is 1.64. The topological polar surface area (TPSA) is 140 Å². The largest absolute Gasteiger partial charge is 0.444 e. The average molecular weight is 671 g/mol. The molecule has 6 aliphatic rings. The Morgan fingerprint density at radius 2 is 1.08 bits per heavy atom. The van der Waals surface area contributed by atoms with Crippen molar-refractivity contribution < 1.29 is 28.7 Å². The first-order valence-electron chi connectivity index (χ1n) is 17.6. The number of benzene rings is 2. The summed E-state index contributed by atoms with van der Waals surface area (Å²) in [4.78, 5) is 67.1. The molecule has 12 nitrogen and oxygen atoms in total. The van der Waals surface area contributed by atoms with Gasteiger partial charge >= 0.3 is 18.2 Å². The molecular weight excluding hydrogens is 624 g/mol. The van der Waals surface area contributed by atoms with E-state index in [4.69, 9.17) is 4.74 Å². The Balaban J connectivity index is 0.000000160. The average Bonchev–Trinajstić information content (AvgIpc) is 4.00. The van der Waals surface area contributed by atoms with Crippen LogP contribution in [-0.4, -0.2) is 77.7 Å². The maximum absolute atomic E-state index is 13.1. The standard InChI is InChI=1S/C21H27N3O4.C16H19N3O2/c1-20(2,3)28-19(27)23-12-10-21(11-13-23)17(25)24(18(26)22-21)16-8-6-15(7-9-16)14-4-5-14;20-14-16(7-9-17-10-8-16)18-15(21)19(14)13-5-3-12(4-6-13)11-1-2-11/h6-9,14H,4-5,10-13H2,1-3H3,(H,22,26);3-6,11,17H,1-2,7-10H2,(H,18,21). The van der Waals surface area contributed by atoms with Gasteiger partial charge in [0.05, 0.1) is 11.4 Å². The molecule has 49 heavy (non-hydrogen) atoms. The number of nitrogens with one attached hydrogen (secondary N) is 3. The maximum Gasteiger partial charge on any atom is 0.410 e. The Hall–Kier alpha value is -4.45. The van der Waals surface area contributed by atoms with Crippen molar-refractivity contribution in [2.24, 2.45) is 0 Å². The van der Waals surface area contributed by atoms with Gasteiger partial charge in [0.25, 0.3) is 11.8 Å². The van der Waals surface area contributed by atoms with Crippen molar-refractivity contribution >= 4 is 41.3 Å². The summed E-state index contributed by atoms with van der Waals surface area (Å²) in [5, 5.41) is 9.03. The number of anilines is 2. The molecule has 2 saturated carbocycles. The van der Waals surface area contributed by atoms with Crippen LogP contribution in [0, 0.1) is 0 Å². The Morgan fingerprint density at radius 3 is 1.47 bits per heavy atom. The van der Waals surface area contributed by atoms with E-state index in [1.165, 1.54) is 46.6 Å². The molecular formula is C37H46N6O6. The van der Waals surface area contributed by atoms with Gasteiger partial charge in [-0.2, -0.15) is 0 Å². The molecule has 6 fully saturated rings. The monoisotopic (exact) mass is 670 g/mol. The summed E-state index contributed by atoms with van der Waals surface area (Å²) in [6.45, 7) is 7.74. The lowest BCUT2D eigenvalue weighted by atomic mass is 9.87. The highest BCUT2D eigenvalue weighted by Gasteiger charge is 2.54. The molecule has 0 unspecified atom stereocenters.